The number of carbonyl (C=O) groups excluding carboxylic acids is 2. The Labute approximate surface area is 189 Å². The van der Waals surface area contributed by atoms with Crippen LogP contribution in [-0.2, 0) is 16.0 Å². The molecule has 8 heteroatoms. The maximum Gasteiger partial charge on any atom is 0.239 e. The Bertz CT molecular complexity index is 818. The van der Waals surface area contributed by atoms with Crippen LogP contribution in [0.3, 0.4) is 0 Å². The lowest BCUT2D eigenvalue weighted by molar-refractivity contribution is -0.131. The fourth-order valence-corrected chi connectivity index (χ4v) is 2.92. The molecule has 0 radical (unpaired) electrons. The number of nitrogens with zero attached hydrogens (tertiary/aromatic N) is 2. The number of halogens is 2. The predicted molar refractivity (Wildman–Crippen MR) is 122 cm³/mol. The molecule has 0 bridgehead atoms. The van der Waals surface area contributed by atoms with E-state index in [0.29, 0.717) is 25.0 Å². The number of alkyl halides is 2. The lowest BCUT2D eigenvalue weighted by atomic mass is 9.86. The Morgan fingerprint density at radius 2 is 1.75 bits per heavy atom. The quantitative estimate of drug-likeness (QED) is 0.497. The van der Waals surface area contributed by atoms with E-state index in [0.717, 1.165) is 29.2 Å². The summed E-state index contributed by atoms with van der Waals surface area (Å²) in [7, 11) is 0.500. The minimum absolute atomic E-state index is 0.241. The van der Waals surface area contributed by atoms with Crippen molar-refractivity contribution in [1.29, 1.82) is 0 Å². The highest BCUT2D eigenvalue weighted by Gasteiger charge is 2.34. The van der Waals surface area contributed by atoms with E-state index in [1.165, 1.54) is 13.8 Å². The number of aromatic nitrogens is 1. The Morgan fingerprint density at radius 3 is 2.09 bits per heavy atom. The summed E-state index contributed by atoms with van der Waals surface area (Å²) in [6, 6.07) is 8.20. The number of imide groups is 1. The number of ether oxygens (including phenoxy) is 1. The van der Waals surface area contributed by atoms with Crippen molar-refractivity contribution < 1.29 is 27.6 Å². The van der Waals surface area contributed by atoms with E-state index >= 15 is 0 Å². The monoisotopic (exact) mass is 454 g/mol. The van der Waals surface area contributed by atoms with E-state index in [-0.39, 0.29) is 11.8 Å². The third-order valence-electron chi connectivity index (χ3n) is 4.40. The van der Waals surface area contributed by atoms with Gasteiger partial charge in [-0.2, -0.15) is 0 Å². The van der Waals surface area contributed by atoms with Crippen molar-refractivity contribution in [3.8, 4) is 5.75 Å². The van der Waals surface area contributed by atoms with Gasteiger partial charge in [0, 0.05) is 25.3 Å². The first-order valence-electron chi connectivity index (χ1n) is 10.6. The molecule has 2 aromatic rings. The standard InChI is InChI=1S/C17H24FNO3.C6H9NO.CH3F/c1-6-11-17(4,5)16(21)19(13(3)20)14-7-9-15(10-8-14)22-12(2)18;1-3-6-4-5(2)8-7-6;1-2/h7-10,12H,6,11H2,1-5H3;4H,3H2,1-2H3;1H3. The zero-order valence-corrected chi connectivity index (χ0v) is 20.4. The molecule has 6 nitrogen and oxygen atoms in total. The van der Waals surface area contributed by atoms with Crippen molar-refractivity contribution in [2.24, 2.45) is 5.41 Å². The first-order valence-corrected chi connectivity index (χ1v) is 10.6. The molecule has 0 spiro atoms. The number of benzene rings is 1. The zero-order chi connectivity index (χ0) is 24.9. The number of hydrogen-bond acceptors (Lipinski definition) is 5. The summed E-state index contributed by atoms with van der Waals surface area (Å²) >= 11 is 0. The maximum atomic E-state index is 12.8. The molecule has 0 N–H and O–H groups in total. The third-order valence-corrected chi connectivity index (χ3v) is 4.40. The van der Waals surface area contributed by atoms with E-state index < -0.39 is 11.8 Å². The van der Waals surface area contributed by atoms with Crippen LogP contribution in [0, 0.1) is 12.3 Å². The number of aryl methyl sites for hydroxylation is 2. The Hall–Kier alpha value is -2.77. The Balaban J connectivity index is 0.000000796. The summed E-state index contributed by atoms with van der Waals surface area (Å²) in [5.41, 5.74) is 0.867. The molecule has 0 aliphatic rings. The zero-order valence-electron chi connectivity index (χ0n) is 20.4. The van der Waals surface area contributed by atoms with Gasteiger partial charge in [0.25, 0.3) is 0 Å². The van der Waals surface area contributed by atoms with Gasteiger partial charge in [-0.1, -0.05) is 39.3 Å². The SMILES string of the molecule is CCCC(C)(C)C(=O)N(C(C)=O)c1ccc(OC(C)F)cc1.CCc1cc(C)on1.CF. The van der Waals surface area contributed by atoms with Crippen LogP contribution in [-0.4, -0.2) is 30.5 Å². The average Bonchev–Trinajstić information content (AvgIpc) is 3.16. The van der Waals surface area contributed by atoms with Crippen molar-refractivity contribution in [2.75, 3.05) is 12.1 Å². The van der Waals surface area contributed by atoms with Crippen LogP contribution in [0.25, 0.3) is 0 Å². The summed E-state index contributed by atoms with van der Waals surface area (Å²) in [6.45, 7) is 12.2. The third kappa shape index (κ3) is 9.58. The first-order chi connectivity index (χ1) is 15.0. The second kappa shape index (κ2) is 14.3. The fraction of sp³-hybridized carbons (Fsp3) is 0.542. The molecule has 0 aliphatic carbocycles. The molecule has 1 heterocycles. The molecular weight excluding hydrogens is 418 g/mol. The molecule has 1 aromatic heterocycles. The number of rotatable bonds is 7. The molecule has 0 saturated carbocycles. The molecule has 0 saturated heterocycles. The minimum atomic E-state index is -1.42. The molecule has 2 rings (SSSR count). The normalized spacial score (nSPS) is 11.3. The molecule has 1 unspecified atom stereocenters. The van der Waals surface area contributed by atoms with Crippen molar-refractivity contribution >= 4 is 17.5 Å². The molecule has 1 atom stereocenters. The van der Waals surface area contributed by atoms with Gasteiger partial charge < -0.3 is 9.26 Å². The minimum Gasteiger partial charge on any atom is -0.461 e. The highest BCUT2D eigenvalue weighted by Crippen LogP contribution is 2.29. The second-order valence-electron chi connectivity index (χ2n) is 7.73. The van der Waals surface area contributed by atoms with Gasteiger partial charge in [0.2, 0.25) is 18.2 Å². The smallest absolute Gasteiger partial charge is 0.239 e. The number of hydrogen-bond donors (Lipinski definition) is 0. The molecule has 1 aromatic carbocycles. The summed E-state index contributed by atoms with van der Waals surface area (Å²) in [4.78, 5) is 25.8. The summed E-state index contributed by atoms with van der Waals surface area (Å²) in [5.74, 6) is 0.653. The molecule has 180 valence electrons. The molecule has 0 aliphatic heterocycles. The van der Waals surface area contributed by atoms with Crippen LogP contribution in [0.5, 0.6) is 5.75 Å². The van der Waals surface area contributed by atoms with Gasteiger partial charge in [0.1, 0.15) is 11.5 Å². The van der Waals surface area contributed by atoms with Crippen molar-refractivity contribution in [1.82, 2.24) is 5.16 Å². The van der Waals surface area contributed by atoms with E-state index in [1.807, 2.05) is 33.8 Å². The van der Waals surface area contributed by atoms with Crippen LogP contribution < -0.4 is 9.64 Å². The van der Waals surface area contributed by atoms with Gasteiger partial charge in [-0.15, -0.1) is 0 Å². The van der Waals surface area contributed by atoms with E-state index in [9.17, 15) is 18.4 Å². The van der Waals surface area contributed by atoms with Crippen LogP contribution in [0.1, 0.15) is 65.8 Å². The second-order valence-corrected chi connectivity index (χ2v) is 7.73. The van der Waals surface area contributed by atoms with Gasteiger partial charge in [-0.3, -0.25) is 18.9 Å². The Morgan fingerprint density at radius 1 is 1.19 bits per heavy atom. The van der Waals surface area contributed by atoms with Gasteiger partial charge in [-0.05, 0) is 44.0 Å². The van der Waals surface area contributed by atoms with Gasteiger partial charge in [-0.25, -0.2) is 4.39 Å². The fourth-order valence-electron chi connectivity index (χ4n) is 2.92. The van der Waals surface area contributed by atoms with Crippen LogP contribution in [0.4, 0.5) is 14.5 Å². The predicted octanol–water partition coefficient (Wildman–Crippen LogP) is 6.22. The molecule has 32 heavy (non-hydrogen) atoms. The number of anilines is 1. The average molecular weight is 455 g/mol. The van der Waals surface area contributed by atoms with Gasteiger partial charge in [0.15, 0.2) is 0 Å². The summed E-state index contributed by atoms with van der Waals surface area (Å²) < 4.78 is 32.0. The van der Waals surface area contributed by atoms with Crippen LogP contribution >= 0.6 is 0 Å². The first kappa shape index (κ1) is 29.2. The van der Waals surface area contributed by atoms with E-state index in [2.05, 4.69) is 12.1 Å². The number of carbonyl (C=O) groups is 2. The lowest BCUT2D eigenvalue weighted by Crippen LogP contribution is -2.43. The van der Waals surface area contributed by atoms with Gasteiger partial charge in [0.05, 0.1) is 18.6 Å². The van der Waals surface area contributed by atoms with Gasteiger partial charge >= 0.3 is 0 Å². The molecule has 2 amide bonds. The van der Waals surface area contributed by atoms with E-state index in [4.69, 9.17) is 9.26 Å². The van der Waals surface area contributed by atoms with Crippen molar-refractivity contribution in [3.63, 3.8) is 0 Å². The van der Waals surface area contributed by atoms with Crippen LogP contribution in [0.2, 0.25) is 0 Å². The van der Waals surface area contributed by atoms with Crippen LogP contribution in [0.15, 0.2) is 34.9 Å². The molecule has 0 fully saturated rings. The van der Waals surface area contributed by atoms with Crippen molar-refractivity contribution in [2.45, 2.75) is 74.1 Å². The Kier molecular flexibility index (Phi) is 13.1. The maximum absolute atomic E-state index is 12.8. The lowest BCUT2D eigenvalue weighted by Gasteiger charge is -2.30. The summed E-state index contributed by atoms with van der Waals surface area (Å²) in [6.07, 6.45) is 1.08. The topological polar surface area (TPSA) is 72.6 Å². The molecular formula is C24H36F2N2O4. The highest BCUT2D eigenvalue weighted by atomic mass is 19.1. The summed E-state index contributed by atoms with van der Waals surface area (Å²) in [5, 5.41) is 3.76. The van der Waals surface area contributed by atoms with E-state index in [1.54, 1.807) is 24.3 Å². The largest absolute Gasteiger partial charge is 0.461 e. The number of amides is 2. The van der Waals surface area contributed by atoms with Crippen molar-refractivity contribution in [3.05, 3.63) is 41.8 Å². The highest BCUT2D eigenvalue weighted by molar-refractivity contribution is 6.15.